The second kappa shape index (κ2) is 8.59. The Bertz CT molecular complexity index is 782. The number of thiocarbonyl (C=S) groups is 1. The molecule has 28 heavy (non-hydrogen) atoms. The van der Waals surface area contributed by atoms with Crippen molar-refractivity contribution in [3.8, 4) is 0 Å². The molecule has 1 amide bonds. The van der Waals surface area contributed by atoms with Gasteiger partial charge >= 0.3 is 13.2 Å². The minimum absolute atomic E-state index is 0.0867. The van der Waals surface area contributed by atoms with Crippen molar-refractivity contribution in [2.75, 3.05) is 11.9 Å². The van der Waals surface area contributed by atoms with Gasteiger partial charge in [0.2, 0.25) is 0 Å². The average Bonchev–Trinajstić information content (AvgIpc) is 2.81. The number of amides is 1. The first-order valence-corrected chi connectivity index (χ1v) is 9.45. The van der Waals surface area contributed by atoms with Gasteiger partial charge in [-0.3, -0.25) is 5.32 Å². The van der Waals surface area contributed by atoms with Crippen LogP contribution < -0.4 is 10.6 Å². The first-order valence-electron chi connectivity index (χ1n) is 9.04. The van der Waals surface area contributed by atoms with Gasteiger partial charge in [-0.25, -0.2) is 9.18 Å². The third kappa shape index (κ3) is 5.09. The van der Waals surface area contributed by atoms with Crippen molar-refractivity contribution >= 4 is 41.8 Å². The standard InChI is InChI=1S/C19H26BFN2O4S/c1-7-25-17(24)23-16(28)22-14-10-8-9-13(11-14)12(2)15(21)20-26-18(3,4)19(5,6)27-20/h8-11H,7H2,1-6H3,(H2,22,23,24,28). The molecule has 1 aliphatic rings. The number of carbonyl (C=O) groups is 1. The summed E-state index contributed by atoms with van der Waals surface area (Å²) in [5, 5.41) is 5.36. The largest absolute Gasteiger partial charge is 0.525 e. The number of hydrogen-bond donors (Lipinski definition) is 2. The third-order valence-corrected chi connectivity index (χ3v) is 5.07. The minimum atomic E-state index is -1.06. The van der Waals surface area contributed by atoms with Gasteiger partial charge in [0.05, 0.1) is 17.8 Å². The molecule has 1 fully saturated rings. The Labute approximate surface area is 170 Å². The Morgan fingerprint density at radius 2 is 1.86 bits per heavy atom. The van der Waals surface area contributed by atoms with E-state index in [-0.39, 0.29) is 11.7 Å². The van der Waals surface area contributed by atoms with Crippen LogP contribution in [0.2, 0.25) is 0 Å². The SMILES string of the molecule is CCOC(=O)NC(=S)Nc1cccc(C(C)=C(F)B2OC(C)(C)C(C)(C)O2)c1. The summed E-state index contributed by atoms with van der Waals surface area (Å²) in [6, 6.07) is 7.00. The zero-order valence-corrected chi connectivity index (χ0v) is 17.8. The molecule has 0 atom stereocenters. The Morgan fingerprint density at radius 1 is 1.25 bits per heavy atom. The third-order valence-electron chi connectivity index (χ3n) is 4.86. The van der Waals surface area contributed by atoms with Gasteiger partial charge in [-0.05, 0) is 77.0 Å². The average molecular weight is 408 g/mol. The van der Waals surface area contributed by atoms with Crippen molar-refractivity contribution in [2.24, 2.45) is 0 Å². The predicted molar refractivity (Wildman–Crippen MR) is 113 cm³/mol. The molecule has 152 valence electrons. The van der Waals surface area contributed by atoms with Gasteiger partial charge < -0.3 is 19.4 Å². The molecule has 6 nitrogen and oxygen atoms in total. The molecule has 0 radical (unpaired) electrons. The summed E-state index contributed by atoms with van der Waals surface area (Å²) in [6.07, 6.45) is -0.640. The normalized spacial score (nSPS) is 18.3. The number of allylic oxidation sites excluding steroid dienone is 1. The number of carbonyl (C=O) groups excluding carboxylic acids is 1. The van der Waals surface area contributed by atoms with Crippen LogP contribution in [0.25, 0.3) is 5.57 Å². The van der Waals surface area contributed by atoms with Crippen LogP contribution >= 0.6 is 12.2 Å². The molecule has 0 spiro atoms. The van der Waals surface area contributed by atoms with Gasteiger partial charge in [0, 0.05) is 5.69 Å². The van der Waals surface area contributed by atoms with Crippen LogP contribution in [0.15, 0.2) is 30.0 Å². The van der Waals surface area contributed by atoms with Crippen molar-refractivity contribution in [3.05, 3.63) is 35.6 Å². The summed E-state index contributed by atoms with van der Waals surface area (Å²) in [6.45, 7) is 11.1. The van der Waals surface area contributed by atoms with E-state index in [1.165, 1.54) is 0 Å². The fourth-order valence-electron chi connectivity index (χ4n) is 2.51. The molecule has 1 saturated heterocycles. The van der Waals surface area contributed by atoms with Gasteiger partial charge in [-0.15, -0.1) is 0 Å². The number of rotatable bonds is 4. The lowest BCUT2D eigenvalue weighted by Gasteiger charge is -2.32. The number of alkyl carbamates (subject to hydrolysis) is 1. The fraction of sp³-hybridized carbons (Fsp3) is 0.474. The highest BCUT2D eigenvalue weighted by Crippen LogP contribution is 2.40. The van der Waals surface area contributed by atoms with Crippen LogP contribution in [-0.4, -0.2) is 36.1 Å². The molecule has 0 unspecified atom stereocenters. The minimum Gasteiger partial charge on any atom is -0.450 e. The molecule has 0 saturated carbocycles. The van der Waals surface area contributed by atoms with E-state index in [4.69, 9.17) is 26.3 Å². The summed E-state index contributed by atoms with van der Waals surface area (Å²) in [7, 11) is -1.06. The Balaban J connectivity index is 2.15. The maximum atomic E-state index is 15.0. The summed E-state index contributed by atoms with van der Waals surface area (Å²) < 4.78 is 31.4. The van der Waals surface area contributed by atoms with Gasteiger partial charge in [0.25, 0.3) is 0 Å². The summed E-state index contributed by atoms with van der Waals surface area (Å²) in [5.74, 6) is 0. The number of hydrogen-bond acceptors (Lipinski definition) is 5. The van der Waals surface area contributed by atoms with Crippen LogP contribution in [0.5, 0.6) is 0 Å². The van der Waals surface area contributed by atoms with E-state index >= 15 is 4.39 Å². The number of anilines is 1. The van der Waals surface area contributed by atoms with Crippen LogP contribution in [0.3, 0.4) is 0 Å². The summed E-state index contributed by atoms with van der Waals surface area (Å²) >= 11 is 5.08. The maximum absolute atomic E-state index is 15.0. The van der Waals surface area contributed by atoms with E-state index in [9.17, 15) is 4.79 Å². The molecule has 1 aliphatic heterocycles. The summed E-state index contributed by atoms with van der Waals surface area (Å²) in [5.41, 5.74) is -0.0984. The Kier molecular flexibility index (Phi) is 6.85. The molecule has 2 rings (SSSR count). The second-order valence-corrected chi connectivity index (χ2v) is 7.85. The number of benzene rings is 1. The summed E-state index contributed by atoms with van der Waals surface area (Å²) in [4.78, 5) is 11.4. The Hall–Kier alpha value is -1.97. The highest BCUT2D eigenvalue weighted by molar-refractivity contribution is 7.80. The zero-order valence-electron chi connectivity index (χ0n) is 17.0. The van der Waals surface area contributed by atoms with Crippen molar-refractivity contribution in [2.45, 2.75) is 52.7 Å². The molecular weight excluding hydrogens is 382 g/mol. The fourth-order valence-corrected chi connectivity index (χ4v) is 2.71. The van der Waals surface area contributed by atoms with Crippen LogP contribution in [-0.2, 0) is 14.0 Å². The van der Waals surface area contributed by atoms with E-state index in [1.807, 2.05) is 27.7 Å². The van der Waals surface area contributed by atoms with E-state index < -0.39 is 30.1 Å². The number of nitrogens with one attached hydrogen (secondary N) is 2. The van der Waals surface area contributed by atoms with E-state index in [0.717, 1.165) is 0 Å². The molecule has 0 aliphatic carbocycles. The van der Waals surface area contributed by atoms with E-state index in [0.29, 0.717) is 16.8 Å². The molecule has 2 N–H and O–H groups in total. The second-order valence-electron chi connectivity index (χ2n) is 7.44. The van der Waals surface area contributed by atoms with E-state index in [1.54, 1.807) is 38.1 Å². The van der Waals surface area contributed by atoms with Crippen LogP contribution in [0.1, 0.15) is 47.1 Å². The number of ether oxygens (including phenoxy) is 1. The predicted octanol–water partition coefficient (Wildman–Crippen LogP) is 4.46. The van der Waals surface area contributed by atoms with Crippen molar-refractivity contribution in [3.63, 3.8) is 0 Å². The van der Waals surface area contributed by atoms with Crippen molar-refractivity contribution in [1.29, 1.82) is 0 Å². The van der Waals surface area contributed by atoms with Crippen molar-refractivity contribution < 1.29 is 23.2 Å². The number of halogens is 1. The van der Waals surface area contributed by atoms with Crippen LogP contribution in [0, 0.1) is 0 Å². The molecule has 0 aromatic heterocycles. The van der Waals surface area contributed by atoms with Gasteiger partial charge in [-0.1, -0.05) is 12.1 Å². The maximum Gasteiger partial charge on any atom is 0.525 e. The molecule has 1 aromatic carbocycles. The molecule has 1 heterocycles. The van der Waals surface area contributed by atoms with Crippen LogP contribution in [0.4, 0.5) is 14.9 Å². The molecule has 9 heteroatoms. The lowest BCUT2D eigenvalue weighted by molar-refractivity contribution is 0.00578. The topological polar surface area (TPSA) is 68.8 Å². The quantitative estimate of drug-likeness (QED) is 0.566. The van der Waals surface area contributed by atoms with Gasteiger partial charge in [-0.2, -0.15) is 0 Å². The monoisotopic (exact) mass is 408 g/mol. The highest BCUT2D eigenvalue weighted by atomic mass is 32.1. The van der Waals surface area contributed by atoms with E-state index in [2.05, 4.69) is 10.6 Å². The lowest BCUT2D eigenvalue weighted by Crippen LogP contribution is -2.41. The first kappa shape index (κ1) is 22.3. The molecule has 0 bridgehead atoms. The lowest BCUT2D eigenvalue weighted by atomic mass is 9.83. The van der Waals surface area contributed by atoms with Crippen molar-refractivity contribution in [1.82, 2.24) is 5.32 Å². The smallest absolute Gasteiger partial charge is 0.450 e. The van der Waals surface area contributed by atoms with Gasteiger partial charge in [0.1, 0.15) is 5.73 Å². The zero-order chi connectivity index (χ0) is 21.1. The first-order chi connectivity index (χ1) is 13.0. The molecule has 1 aromatic rings. The highest BCUT2D eigenvalue weighted by Gasteiger charge is 2.53. The molecular formula is C19H26BFN2O4S. The Morgan fingerprint density at radius 3 is 2.43 bits per heavy atom. The van der Waals surface area contributed by atoms with Gasteiger partial charge in [0.15, 0.2) is 5.11 Å².